The molecule has 1 atom stereocenters. The largest absolute Gasteiger partial charge is 0.340 e. The second kappa shape index (κ2) is 8.84. The molecule has 0 aliphatic carbocycles. The first kappa shape index (κ1) is 20.8. The second-order valence-electron chi connectivity index (χ2n) is 7.77. The Balaban J connectivity index is 1.36. The van der Waals surface area contributed by atoms with Crippen LogP contribution in [0.15, 0.2) is 96.4 Å². The molecule has 1 aliphatic heterocycles. The Morgan fingerprint density at radius 3 is 2.18 bits per heavy atom. The summed E-state index contributed by atoms with van der Waals surface area (Å²) < 4.78 is 0. The summed E-state index contributed by atoms with van der Waals surface area (Å²) in [5, 5.41) is 5.11. The molecule has 0 saturated carbocycles. The maximum absolute atomic E-state index is 13.2. The molecule has 1 aliphatic rings. The predicted molar refractivity (Wildman–Crippen MR) is 127 cm³/mol. The van der Waals surface area contributed by atoms with Crippen LogP contribution in [0, 0.1) is 0 Å². The third-order valence-electron chi connectivity index (χ3n) is 5.64. The lowest BCUT2D eigenvalue weighted by atomic mass is 10.0. The van der Waals surface area contributed by atoms with E-state index in [9.17, 15) is 14.4 Å². The molecular weight excluding hydrogens is 432 g/mol. The molecule has 1 aromatic heterocycles. The number of carbonyl (C=O) groups excluding carboxylic acids is 3. The van der Waals surface area contributed by atoms with Crippen LogP contribution in [0.25, 0.3) is 0 Å². The van der Waals surface area contributed by atoms with Crippen LogP contribution >= 0.6 is 11.3 Å². The highest BCUT2D eigenvalue weighted by Crippen LogP contribution is 2.27. The van der Waals surface area contributed by atoms with Crippen LogP contribution in [-0.4, -0.2) is 22.6 Å². The zero-order chi connectivity index (χ0) is 22.8. The van der Waals surface area contributed by atoms with Gasteiger partial charge in [-0.1, -0.05) is 60.7 Å². The summed E-state index contributed by atoms with van der Waals surface area (Å²) in [4.78, 5) is 40.8. The number of carbonyl (C=O) groups is 3. The first-order valence-electron chi connectivity index (χ1n) is 10.5. The van der Waals surface area contributed by atoms with Gasteiger partial charge in [-0.3, -0.25) is 19.3 Å². The highest BCUT2D eigenvalue weighted by molar-refractivity contribution is 7.10. The van der Waals surface area contributed by atoms with E-state index in [4.69, 9.17) is 0 Å². The molecule has 0 spiro atoms. The number of hydrogen-bond acceptors (Lipinski definition) is 4. The molecule has 5 nitrogen and oxygen atoms in total. The molecule has 0 fully saturated rings. The van der Waals surface area contributed by atoms with Crippen molar-refractivity contribution in [3.05, 3.63) is 129 Å². The monoisotopic (exact) mass is 452 g/mol. The Bertz CT molecular complexity index is 1300. The van der Waals surface area contributed by atoms with Crippen molar-refractivity contribution < 1.29 is 14.4 Å². The van der Waals surface area contributed by atoms with Crippen molar-refractivity contribution in [2.45, 2.75) is 12.6 Å². The van der Waals surface area contributed by atoms with Gasteiger partial charge in [-0.15, -0.1) is 11.3 Å². The zero-order valence-corrected chi connectivity index (χ0v) is 18.4. The fourth-order valence-electron chi connectivity index (χ4n) is 4.01. The Morgan fingerprint density at radius 1 is 0.818 bits per heavy atom. The minimum absolute atomic E-state index is 0.112. The number of fused-ring (bicyclic) bond motifs is 1. The van der Waals surface area contributed by atoms with Gasteiger partial charge in [0.1, 0.15) is 0 Å². The average Bonchev–Trinajstić information content (AvgIpc) is 3.47. The lowest BCUT2D eigenvalue weighted by molar-refractivity contribution is 0.0642. The maximum atomic E-state index is 13.2. The van der Waals surface area contributed by atoms with Gasteiger partial charge in [0.15, 0.2) is 0 Å². The standard InChI is InChI=1S/C27H20N2O3S/c30-25(28-24(23-14-7-15-33-23)19-9-2-1-3-10-19)20-11-6-8-18(16-20)17-29-26(31)21-12-4-5-13-22(21)27(29)32/h1-16,24H,17H2,(H,28,30). The molecule has 3 aromatic carbocycles. The number of thiophene rings is 1. The number of rotatable bonds is 6. The van der Waals surface area contributed by atoms with Gasteiger partial charge in [0, 0.05) is 10.4 Å². The van der Waals surface area contributed by atoms with E-state index in [1.54, 1.807) is 53.8 Å². The molecular formula is C27H20N2O3S. The molecule has 2 heterocycles. The van der Waals surface area contributed by atoms with E-state index < -0.39 is 0 Å². The van der Waals surface area contributed by atoms with Gasteiger partial charge in [-0.2, -0.15) is 0 Å². The number of benzene rings is 3. The highest BCUT2D eigenvalue weighted by atomic mass is 32.1. The van der Waals surface area contributed by atoms with Crippen molar-refractivity contribution in [2.24, 2.45) is 0 Å². The Kier molecular flexibility index (Phi) is 5.59. The summed E-state index contributed by atoms with van der Waals surface area (Å²) in [6, 6.07) is 27.4. The van der Waals surface area contributed by atoms with Crippen molar-refractivity contribution in [3.63, 3.8) is 0 Å². The average molecular weight is 453 g/mol. The number of nitrogens with zero attached hydrogens (tertiary/aromatic N) is 1. The van der Waals surface area contributed by atoms with Crippen LogP contribution in [0.3, 0.4) is 0 Å². The summed E-state index contributed by atoms with van der Waals surface area (Å²) in [6.45, 7) is 0.112. The van der Waals surface area contributed by atoms with Crippen molar-refractivity contribution in [1.82, 2.24) is 10.2 Å². The molecule has 1 unspecified atom stereocenters. The van der Waals surface area contributed by atoms with Crippen LogP contribution < -0.4 is 5.32 Å². The Morgan fingerprint density at radius 2 is 1.52 bits per heavy atom. The Hall–Kier alpha value is -4.03. The predicted octanol–water partition coefficient (Wildman–Crippen LogP) is 5.06. The van der Waals surface area contributed by atoms with Gasteiger partial charge >= 0.3 is 0 Å². The molecule has 0 bridgehead atoms. The van der Waals surface area contributed by atoms with Crippen LogP contribution in [0.1, 0.15) is 53.1 Å². The summed E-state index contributed by atoms with van der Waals surface area (Å²) in [7, 11) is 0. The summed E-state index contributed by atoms with van der Waals surface area (Å²) >= 11 is 1.59. The molecule has 4 aromatic rings. The molecule has 3 amide bonds. The fourth-order valence-corrected chi connectivity index (χ4v) is 4.81. The third-order valence-corrected chi connectivity index (χ3v) is 6.58. The zero-order valence-electron chi connectivity index (χ0n) is 17.6. The van der Waals surface area contributed by atoms with Gasteiger partial charge in [0.25, 0.3) is 17.7 Å². The number of amides is 3. The molecule has 5 rings (SSSR count). The third kappa shape index (κ3) is 4.08. The fraction of sp³-hybridized carbons (Fsp3) is 0.0741. The Labute approximate surface area is 195 Å². The normalized spacial score (nSPS) is 13.6. The highest BCUT2D eigenvalue weighted by Gasteiger charge is 2.35. The lowest BCUT2D eigenvalue weighted by Gasteiger charge is -2.19. The summed E-state index contributed by atoms with van der Waals surface area (Å²) in [5.41, 5.74) is 3.01. The second-order valence-corrected chi connectivity index (χ2v) is 8.75. The van der Waals surface area contributed by atoms with E-state index in [1.165, 1.54) is 4.90 Å². The smallest absolute Gasteiger partial charge is 0.261 e. The van der Waals surface area contributed by atoms with E-state index in [0.717, 1.165) is 10.4 Å². The van der Waals surface area contributed by atoms with Crippen LogP contribution in [-0.2, 0) is 6.54 Å². The van der Waals surface area contributed by atoms with E-state index in [-0.39, 0.29) is 30.3 Å². The number of nitrogens with one attached hydrogen (secondary N) is 1. The number of hydrogen-bond donors (Lipinski definition) is 1. The molecule has 0 radical (unpaired) electrons. The van der Waals surface area contributed by atoms with Crippen LogP contribution in [0.2, 0.25) is 0 Å². The van der Waals surface area contributed by atoms with Gasteiger partial charge in [0.05, 0.1) is 23.7 Å². The maximum Gasteiger partial charge on any atom is 0.261 e. The SMILES string of the molecule is O=C(NC(c1ccccc1)c1cccs1)c1cccc(CN2C(=O)c3ccccc3C2=O)c1. The van der Waals surface area contributed by atoms with E-state index in [2.05, 4.69) is 5.32 Å². The summed E-state index contributed by atoms with van der Waals surface area (Å²) in [5.74, 6) is -0.846. The van der Waals surface area contributed by atoms with Gasteiger partial charge in [-0.05, 0) is 46.8 Å². The first-order chi connectivity index (χ1) is 16.1. The minimum Gasteiger partial charge on any atom is -0.340 e. The molecule has 6 heteroatoms. The lowest BCUT2D eigenvalue weighted by Crippen LogP contribution is -2.30. The quantitative estimate of drug-likeness (QED) is 0.416. The van der Waals surface area contributed by atoms with Gasteiger partial charge in [-0.25, -0.2) is 0 Å². The van der Waals surface area contributed by atoms with E-state index in [0.29, 0.717) is 22.3 Å². The van der Waals surface area contributed by atoms with E-state index in [1.807, 2.05) is 53.9 Å². The van der Waals surface area contributed by atoms with Crippen LogP contribution in [0.4, 0.5) is 0 Å². The van der Waals surface area contributed by atoms with Crippen molar-refractivity contribution in [2.75, 3.05) is 0 Å². The van der Waals surface area contributed by atoms with Gasteiger partial charge in [0.2, 0.25) is 0 Å². The minimum atomic E-state index is -0.313. The number of imide groups is 1. The van der Waals surface area contributed by atoms with Crippen molar-refractivity contribution in [1.29, 1.82) is 0 Å². The van der Waals surface area contributed by atoms with Crippen LogP contribution in [0.5, 0.6) is 0 Å². The first-order valence-corrected chi connectivity index (χ1v) is 11.4. The summed E-state index contributed by atoms with van der Waals surface area (Å²) in [6.07, 6.45) is 0. The molecule has 162 valence electrons. The van der Waals surface area contributed by atoms with E-state index >= 15 is 0 Å². The topological polar surface area (TPSA) is 66.5 Å². The molecule has 33 heavy (non-hydrogen) atoms. The van der Waals surface area contributed by atoms with Gasteiger partial charge < -0.3 is 5.32 Å². The molecule has 0 saturated heterocycles. The molecule has 1 N–H and O–H groups in total. The van der Waals surface area contributed by atoms with Crippen molar-refractivity contribution >= 4 is 29.1 Å². The van der Waals surface area contributed by atoms with Crippen molar-refractivity contribution in [3.8, 4) is 0 Å².